The first-order valence-corrected chi connectivity index (χ1v) is 7.09. The molecule has 1 N–H and O–H groups in total. The smallest absolute Gasteiger partial charge is 0.165 e. The largest absolute Gasteiger partial charge is 0.490 e. The van der Waals surface area contributed by atoms with Crippen molar-refractivity contribution in [2.75, 3.05) is 6.61 Å². The minimum atomic E-state index is -0.273. The maximum absolute atomic E-state index is 13.8. The molecule has 1 aromatic carbocycles. The number of rotatable bonds is 7. The third kappa shape index (κ3) is 6.06. The predicted molar refractivity (Wildman–Crippen MR) is 78.0 cm³/mol. The Kier molecular flexibility index (Phi) is 6.29. The van der Waals surface area contributed by atoms with E-state index in [0.717, 1.165) is 24.8 Å². The summed E-state index contributed by atoms with van der Waals surface area (Å²) in [6.07, 6.45) is 3.22. The molecule has 0 bridgehead atoms. The van der Waals surface area contributed by atoms with Gasteiger partial charge in [0.25, 0.3) is 0 Å². The van der Waals surface area contributed by atoms with Crippen LogP contribution in [0.4, 0.5) is 4.39 Å². The summed E-state index contributed by atoms with van der Waals surface area (Å²) in [5, 5.41) is 3.36. The van der Waals surface area contributed by atoms with Crippen molar-refractivity contribution in [3.05, 3.63) is 29.6 Å². The second kappa shape index (κ2) is 7.49. The molecule has 0 radical (unpaired) electrons. The predicted octanol–water partition coefficient (Wildman–Crippen LogP) is 4.28. The van der Waals surface area contributed by atoms with Gasteiger partial charge in [-0.25, -0.2) is 4.39 Å². The molecule has 0 aliphatic heterocycles. The molecule has 1 rings (SSSR count). The Morgan fingerprint density at radius 2 is 1.95 bits per heavy atom. The highest BCUT2D eigenvalue weighted by Crippen LogP contribution is 2.23. The summed E-state index contributed by atoms with van der Waals surface area (Å²) in [6.45, 7) is 9.61. The Morgan fingerprint density at radius 1 is 1.21 bits per heavy atom. The monoisotopic (exact) mass is 267 g/mol. The Labute approximate surface area is 116 Å². The summed E-state index contributed by atoms with van der Waals surface area (Å²) in [5.41, 5.74) is 0.887. The van der Waals surface area contributed by atoms with Gasteiger partial charge in [-0.3, -0.25) is 0 Å². The molecular weight excluding hydrogens is 241 g/mol. The first-order chi connectivity index (χ1) is 8.94. The highest BCUT2D eigenvalue weighted by molar-refractivity contribution is 5.35. The van der Waals surface area contributed by atoms with Crippen molar-refractivity contribution < 1.29 is 9.13 Å². The van der Waals surface area contributed by atoms with Crippen molar-refractivity contribution >= 4 is 0 Å². The molecule has 0 aliphatic carbocycles. The van der Waals surface area contributed by atoms with E-state index in [4.69, 9.17) is 4.74 Å². The van der Waals surface area contributed by atoms with Gasteiger partial charge >= 0.3 is 0 Å². The van der Waals surface area contributed by atoms with E-state index < -0.39 is 0 Å². The van der Waals surface area contributed by atoms with Crippen LogP contribution in [0.3, 0.4) is 0 Å². The standard InChI is InChI=1S/C16H26FNO/c1-5-6-7-11-19-15-13(9-8-10-14(15)17)12-18-16(2,3)4/h8-10,18H,5-7,11-12H2,1-4H3. The minimum absolute atomic E-state index is 0.00575. The van der Waals surface area contributed by atoms with E-state index in [-0.39, 0.29) is 11.4 Å². The normalized spacial score (nSPS) is 11.6. The van der Waals surface area contributed by atoms with E-state index >= 15 is 0 Å². The van der Waals surface area contributed by atoms with Crippen molar-refractivity contribution in [2.24, 2.45) is 0 Å². The fraction of sp³-hybridized carbons (Fsp3) is 0.625. The third-order valence-corrected chi connectivity index (χ3v) is 2.85. The number of ether oxygens (including phenoxy) is 1. The van der Waals surface area contributed by atoms with E-state index in [1.807, 2.05) is 6.07 Å². The Morgan fingerprint density at radius 3 is 2.58 bits per heavy atom. The number of halogens is 1. The van der Waals surface area contributed by atoms with Crippen molar-refractivity contribution in [1.29, 1.82) is 0 Å². The molecule has 0 amide bonds. The average molecular weight is 267 g/mol. The molecule has 2 nitrogen and oxygen atoms in total. The van der Waals surface area contributed by atoms with Crippen LogP contribution >= 0.6 is 0 Å². The van der Waals surface area contributed by atoms with Crippen LogP contribution < -0.4 is 10.1 Å². The summed E-state index contributed by atoms with van der Waals surface area (Å²) in [6, 6.07) is 5.10. The zero-order chi connectivity index (χ0) is 14.3. The fourth-order valence-corrected chi connectivity index (χ4v) is 1.74. The van der Waals surface area contributed by atoms with Gasteiger partial charge in [0.2, 0.25) is 0 Å². The molecule has 0 heterocycles. The summed E-state index contributed by atoms with van der Waals surface area (Å²) in [4.78, 5) is 0. The molecule has 0 spiro atoms. The summed E-state index contributed by atoms with van der Waals surface area (Å²) in [7, 11) is 0. The average Bonchev–Trinajstić information content (AvgIpc) is 2.33. The molecule has 0 aromatic heterocycles. The lowest BCUT2D eigenvalue weighted by Crippen LogP contribution is -2.35. The molecule has 0 fully saturated rings. The van der Waals surface area contributed by atoms with Crippen LogP contribution in [0.5, 0.6) is 5.75 Å². The van der Waals surface area contributed by atoms with Crippen LogP contribution in [0.25, 0.3) is 0 Å². The lowest BCUT2D eigenvalue weighted by molar-refractivity contribution is 0.286. The van der Waals surface area contributed by atoms with E-state index in [9.17, 15) is 4.39 Å². The van der Waals surface area contributed by atoms with Crippen LogP contribution in [-0.4, -0.2) is 12.1 Å². The Hall–Kier alpha value is -1.09. The van der Waals surface area contributed by atoms with Crippen molar-refractivity contribution in [1.82, 2.24) is 5.32 Å². The van der Waals surface area contributed by atoms with Gasteiger partial charge in [-0.15, -0.1) is 0 Å². The molecular formula is C16H26FNO. The van der Waals surface area contributed by atoms with Gasteiger partial charge in [-0.05, 0) is 33.3 Å². The first-order valence-electron chi connectivity index (χ1n) is 7.09. The maximum atomic E-state index is 13.8. The van der Waals surface area contributed by atoms with Crippen LogP contribution in [-0.2, 0) is 6.54 Å². The molecule has 0 atom stereocenters. The van der Waals surface area contributed by atoms with Gasteiger partial charge in [0.15, 0.2) is 11.6 Å². The van der Waals surface area contributed by atoms with Gasteiger partial charge < -0.3 is 10.1 Å². The fourth-order valence-electron chi connectivity index (χ4n) is 1.74. The van der Waals surface area contributed by atoms with Gasteiger partial charge in [0, 0.05) is 17.6 Å². The molecule has 0 unspecified atom stereocenters. The minimum Gasteiger partial charge on any atom is -0.490 e. The Balaban J connectivity index is 2.66. The summed E-state index contributed by atoms with van der Waals surface area (Å²) in [5.74, 6) is 0.125. The molecule has 3 heteroatoms. The number of para-hydroxylation sites is 1. The van der Waals surface area contributed by atoms with Crippen molar-refractivity contribution in [2.45, 2.75) is 59.0 Å². The number of hydrogen-bond donors (Lipinski definition) is 1. The number of unbranched alkanes of at least 4 members (excludes halogenated alkanes) is 2. The highest BCUT2D eigenvalue weighted by Gasteiger charge is 2.13. The SMILES string of the molecule is CCCCCOc1c(F)cccc1CNC(C)(C)C. The zero-order valence-electron chi connectivity index (χ0n) is 12.6. The second-order valence-electron chi connectivity index (χ2n) is 5.89. The van der Waals surface area contributed by atoms with Gasteiger partial charge in [0.05, 0.1) is 6.61 Å². The lowest BCUT2D eigenvalue weighted by atomic mass is 10.1. The van der Waals surface area contributed by atoms with Crippen LogP contribution in [0.1, 0.15) is 52.5 Å². The van der Waals surface area contributed by atoms with Crippen LogP contribution in [0, 0.1) is 5.82 Å². The van der Waals surface area contributed by atoms with Crippen molar-refractivity contribution in [3.63, 3.8) is 0 Å². The molecule has 108 valence electrons. The van der Waals surface area contributed by atoms with Crippen LogP contribution in [0.2, 0.25) is 0 Å². The molecule has 19 heavy (non-hydrogen) atoms. The van der Waals surface area contributed by atoms with Crippen molar-refractivity contribution in [3.8, 4) is 5.75 Å². The lowest BCUT2D eigenvalue weighted by Gasteiger charge is -2.21. The third-order valence-electron chi connectivity index (χ3n) is 2.85. The van der Waals surface area contributed by atoms with Crippen LogP contribution in [0.15, 0.2) is 18.2 Å². The van der Waals surface area contributed by atoms with E-state index in [1.165, 1.54) is 6.07 Å². The maximum Gasteiger partial charge on any atom is 0.165 e. The number of nitrogens with one attached hydrogen (secondary N) is 1. The molecule has 1 aromatic rings. The van der Waals surface area contributed by atoms with E-state index in [1.54, 1.807) is 6.07 Å². The topological polar surface area (TPSA) is 21.3 Å². The van der Waals surface area contributed by atoms with Gasteiger partial charge in [-0.1, -0.05) is 31.9 Å². The second-order valence-corrected chi connectivity index (χ2v) is 5.89. The zero-order valence-corrected chi connectivity index (χ0v) is 12.6. The first kappa shape index (κ1) is 16.0. The molecule has 0 aliphatic rings. The molecule has 0 saturated carbocycles. The summed E-state index contributed by atoms with van der Waals surface area (Å²) < 4.78 is 19.4. The van der Waals surface area contributed by atoms with Gasteiger partial charge in [0.1, 0.15) is 0 Å². The summed E-state index contributed by atoms with van der Waals surface area (Å²) >= 11 is 0. The van der Waals surface area contributed by atoms with Gasteiger partial charge in [-0.2, -0.15) is 0 Å². The Bertz CT molecular complexity index is 385. The highest BCUT2D eigenvalue weighted by atomic mass is 19.1. The number of benzene rings is 1. The molecule has 0 saturated heterocycles. The number of hydrogen-bond acceptors (Lipinski definition) is 2. The van der Waals surface area contributed by atoms with E-state index in [2.05, 4.69) is 33.0 Å². The quantitative estimate of drug-likeness (QED) is 0.744. The van der Waals surface area contributed by atoms with E-state index in [0.29, 0.717) is 18.9 Å².